The standard InChI is InChI=1S/C12H21N3O2/c1-3-10(13)9-14-12(16)11-5-4-6-15(11)7-8-17-2/h4-6,10H,3,7-9,13H2,1-2H3,(H,14,16). The topological polar surface area (TPSA) is 69.3 Å². The van der Waals surface area contributed by atoms with Crippen LogP contribution in [0.2, 0.25) is 0 Å². The van der Waals surface area contributed by atoms with Crippen LogP contribution in [0.3, 0.4) is 0 Å². The van der Waals surface area contributed by atoms with Crippen LogP contribution >= 0.6 is 0 Å². The van der Waals surface area contributed by atoms with Crippen molar-refractivity contribution in [3.63, 3.8) is 0 Å². The molecule has 1 unspecified atom stereocenters. The Bertz CT molecular complexity index is 349. The second-order valence-electron chi connectivity index (χ2n) is 3.96. The van der Waals surface area contributed by atoms with Crippen LogP contribution in [0.1, 0.15) is 23.8 Å². The zero-order valence-corrected chi connectivity index (χ0v) is 10.5. The monoisotopic (exact) mass is 239 g/mol. The molecule has 0 radical (unpaired) electrons. The van der Waals surface area contributed by atoms with Gasteiger partial charge in [-0.25, -0.2) is 0 Å². The molecule has 1 aromatic rings. The van der Waals surface area contributed by atoms with E-state index < -0.39 is 0 Å². The van der Waals surface area contributed by atoms with E-state index in [-0.39, 0.29) is 11.9 Å². The van der Waals surface area contributed by atoms with E-state index in [1.54, 1.807) is 13.2 Å². The van der Waals surface area contributed by atoms with E-state index in [0.29, 0.717) is 25.4 Å². The molecule has 0 fully saturated rings. The largest absolute Gasteiger partial charge is 0.383 e. The molecule has 5 heteroatoms. The predicted molar refractivity (Wildman–Crippen MR) is 66.9 cm³/mol. The Morgan fingerprint density at radius 1 is 1.65 bits per heavy atom. The number of rotatable bonds is 7. The second kappa shape index (κ2) is 7.09. The maximum atomic E-state index is 11.9. The third-order valence-corrected chi connectivity index (χ3v) is 2.65. The van der Waals surface area contributed by atoms with Gasteiger partial charge in [-0.15, -0.1) is 0 Å². The summed E-state index contributed by atoms with van der Waals surface area (Å²) in [5.74, 6) is -0.0880. The molecule has 0 aliphatic heterocycles. The zero-order valence-electron chi connectivity index (χ0n) is 10.5. The lowest BCUT2D eigenvalue weighted by molar-refractivity contribution is 0.0939. The van der Waals surface area contributed by atoms with Crippen molar-refractivity contribution >= 4 is 5.91 Å². The highest BCUT2D eigenvalue weighted by Gasteiger charge is 2.11. The maximum absolute atomic E-state index is 11.9. The van der Waals surface area contributed by atoms with Crippen molar-refractivity contribution < 1.29 is 9.53 Å². The fourth-order valence-electron chi connectivity index (χ4n) is 1.46. The Balaban J connectivity index is 2.53. The summed E-state index contributed by atoms with van der Waals surface area (Å²) in [5, 5.41) is 2.83. The van der Waals surface area contributed by atoms with Crippen LogP contribution < -0.4 is 11.1 Å². The third-order valence-electron chi connectivity index (χ3n) is 2.65. The molecule has 0 bridgehead atoms. The van der Waals surface area contributed by atoms with E-state index in [1.807, 2.05) is 23.8 Å². The van der Waals surface area contributed by atoms with Crippen molar-refractivity contribution in [3.05, 3.63) is 24.0 Å². The van der Waals surface area contributed by atoms with Crippen molar-refractivity contribution in [1.82, 2.24) is 9.88 Å². The number of methoxy groups -OCH3 is 1. The Kier molecular flexibility index (Phi) is 5.72. The number of nitrogens with two attached hydrogens (primary N) is 1. The van der Waals surface area contributed by atoms with Gasteiger partial charge in [-0.2, -0.15) is 0 Å². The van der Waals surface area contributed by atoms with E-state index in [2.05, 4.69) is 5.32 Å². The minimum absolute atomic E-state index is 0.0151. The van der Waals surface area contributed by atoms with Gasteiger partial charge in [0.15, 0.2) is 0 Å². The molecule has 0 saturated carbocycles. The van der Waals surface area contributed by atoms with Crippen LogP contribution in [0.5, 0.6) is 0 Å². The van der Waals surface area contributed by atoms with Crippen molar-refractivity contribution in [2.24, 2.45) is 5.73 Å². The molecular weight excluding hydrogens is 218 g/mol. The first-order valence-corrected chi connectivity index (χ1v) is 5.86. The minimum Gasteiger partial charge on any atom is -0.383 e. The van der Waals surface area contributed by atoms with Gasteiger partial charge < -0.3 is 20.4 Å². The van der Waals surface area contributed by atoms with Crippen LogP contribution in [0.4, 0.5) is 0 Å². The smallest absolute Gasteiger partial charge is 0.267 e. The van der Waals surface area contributed by atoms with Crippen molar-refractivity contribution in [1.29, 1.82) is 0 Å². The molecule has 17 heavy (non-hydrogen) atoms. The van der Waals surface area contributed by atoms with Gasteiger partial charge in [0.1, 0.15) is 5.69 Å². The average Bonchev–Trinajstić information content (AvgIpc) is 2.81. The molecule has 96 valence electrons. The second-order valence-corrected chi connectivity index (χ2v) is 3.96. The van der Waals surface area contributed by atoms with Gasteiger partial charge in [-0.3, -0.25) is 4.79 Å². The van der Waals surface area contributed by atoms with Gasteiger partial charge in [0.2, 0.25) is 0 Å². The quantitative estimate of drug-likeness (QED) is 0.732. The van der Waals surface area contributed by atoms with Gasteiger partial charge in [-0.1, -0.05) is 6.92 Å². The summed E-state index contributed by atoms with van der Waals surface area (Å²) in [5.41, 5.74) is 6.40. The van der Waals surface area contributed by atoms with Crippen LogP contribution in [-0.4, -0.2) is 36.8 Å². The maximum Gasteiger partial charge on any atom is 0.267 e. The number of aromatic nitrogens is 1. The highest BCUT2D eigenvalue weighted by molar-refractivity contribution is 5.92. The number of ether oxygens (including phenoxy) is 1. The molecule has 5 nitrogen and oxygen atoms in total. The van der Waals surface area contributed by atoms with Crippen molar-refractivity contribution in [2.45, 2.75) is 25.9 Å². The molecule has 3 N–H and O–H groups in total. The number of nitrogens with one attached hydrogen (secondary N) is 1. The van der Waals surface area contributed by atoms with Gasteiger partial charge in [0.25, 0.3) is 5.91 Å². The molecule has 1 aromatic heterocycles. The van der Waals surface area contributed by atoms with Gasteiger partial charge in [0, 0.05) is 32.4 Å². The summed E-state index contributed by atoms with van der Waals surface area (Å²) < 4.78 is 6.86. The van der Waals surface area contributed by atoms with Crippen LogP contribution in [-0.2, 0) is 11.3 Å². The fourth-order valence-corrected chi connectivity index (χ4v) is 1.46. The van der Waals surface area contributed by atoms with E-state index in [0.717, 1.165) is 6.42 Å². The summed E-state index contributed by atoms with van der Waals surface area (Å²) in [6.07, 6.45) is 2.72. The van der Waals surface area contributed by atoms with Gasteiger partial charge in [-0.05, 0) is 18.6 Å². The predicted octanol–water partition coefficient (Wildman–Crippen LogP) is 0.602. The zero-order chi connectivity index (χ0) is 12.7. The Labute approximate surface area is 102 Å². The first-order chi connectivity index (χ1) is 8.19. The number of nitrogens with zero attached hydrogens (tertiary/aromatic N) is 1. The summed E-state index contributed by atoms with van der Waals surface area (Å²) >= 11 is 0. The van der Waals surface area contributed by atoms with E-state index in [1.165, 1.54) is 0 Å². The number of carbonyl (C=O) groups is 1. The van der Waals surface area contributed by atoms with Crippen molar-refractivity contribution in [2.75, 3.05) is 20.3 Å². The number of carbonyl (C=O) groups excluding carboxylic acids is 1. The van der Waals surface area contributed by atoms with E-state index in [4.69, 9.17) is 10.5 Å². The average molecular weight is 239 g/mol. The van der Waals surface area contributed by atoms with E-state index >= 15 is 0 Å². The normalized spacial score (nSPS) is 12.4. The van der Waals surface area contributed by atoms with Crippen LogP contribution in [0.25, 0.3) is 0 Å². The Morgan fingerprint density at radius 3 is 3.06 bits per heavy atom. The van der Waals surface area contributed by atoms with Gasteiger partial charge >= 0.3 is 0 Å². The van der Waals surface area contributed by atoms with Crippen molar-refractivity contribution in [3.8, 4) is 0 Å². The SMILES string of the molecule is CCC(N)CNC(=O)c1cccn1CCOC. The molecular formula is C12H21N3O2. The lowest BCUT2D eigenvalue weighted by atomic mass is 10.2. The first kappa shape index (κ1) is 13.7. The fraction of sp³-hybridized carbons (Fsp3) is 0.583. The molecule has 0 aliphatic carbocycles. The van der Waals surface area contributed by atoms with Gasteiger partial charge in [0.05, 0.1) is 6.61 Å². The Hall–Kier alpha value is -1.33. The first-order valence-electron chi connectivity index (χ1n) is 5.86. The highest BCUT2D eigenvalue weighted by Crippen LogP contribution is 2.02. The highest BCUT2D eigenvalue weighted by atomic mass is 16.5. The van der Waals surface area contributed by atoms with Crippen LogP contribution in [0.15, 0.2) is 18.3 Å². The summed E-state index contributed by atoms with van der Waals surface area (Å²) in [7, 11) is 1.64. The number of amides is 1. The lowest BCUT2D eigenvalue weighted by Gasteiger charge is -2.12. The third kappa shape index (κ3) is 4.20. The molecule has 0 aromatic carbocycles. The Morgan fingerprint density at radius 2 is 2.41 bits per heavy atom. The molecule has 0 aliphatic rings. The molecule has 1 heterocycles. The number of hydrogen-bond acceptors (Lipinski definition) is 3. The minimum atomic E-state index is -0.0880. The number of hydrogen-bond donors (Lipinski definition) is 2. The van der Waals surface area contributed by atoms with E-state index in [9.17, 15) is 4.79 Å². The molecule has 0 saturated heterocycles. The molecule has 0 spiro atoms. The summed E-state index contributed by atoms with van der Waals surface area (Å²) in [6.45, 7) is 3.76. The molecule has 1 rings (SSSR count). The molecule has 1 atom stereocenters. The van der Waals surface area contributed by atoms with Crippen LogP contribution in [0, 0.1) is 0 Å². The molecule has 1 amide bonds. The summed E-state index contributed by atoms with van der Waals surface area (Å²) in [6, 6.07) is 3.66. The summed E-state index contributed by atoms with van der Waals surface area (Å²) in [4.78, 5) is 11.9. The lowest BCUT2D eigenvalue weighted by Crippen LogP contribution is -2.37.